The van der Waals surface area contributed by atoms with E-state index in [9.17, 15) is 4.79 Å². The number of carbonyl (C=O) groups excluding carboxylic acids is 1. The van der Waals surface area contributed by atoms with Gasteiger partial charge in [-0.1, -0.05) is 11.6 Å². The lowest BCUT2D eigenvalue weighted by Gasteiger charge is -2.19. The van der Waals surface area contributed by atoms with E-state index in [1.165, 1.54) is 0 Å². The molecule has 0 aliphatic heterocycles. The number of carbonyl (C=O) groups is 1. The van der Waals surface area contributed by atoms with Crippen LogP contribution in [0.3, 0.4) is 0 Å². The van der Waals surface area contributed by atoms with Crippen molar-refractivity contribution >= 4 is 39.2 Å². The second-order valence-electron chi connectivity index (χ2n) is 3.23. The lowest BCUT2D eigenvalue weighted by Crippen LogP contribution is -2.34. The highest BCUT2D eigenvalue weighted by atomic mass is 79.9. The summed E-state index contributed by atoms with van der Waals surface area (Å²) in [6.45, 7) is 5.24. The third-order valence-electron chi connectivity index (χ3n) is 2.22. The van der Waals surface area contributed by atoms with E-state index in [0.717, 1.165) is 4.47 Å². The molecule has 0 atom stereocenters. The largest absolute Gasteiger partial charge is 0.325 e. The fraction of sp³-hybridized carbons (Fsp3) is 0.364. The smallest absolute Gasteiger partial charge is 0.321 e. The van der Waals surface area contributed by atoms with Gasteiger partial charge in [0.1, 0.15) is 0 Å². The lowest BCUT2D eigenvalue weighted by molar-refractivity contribution is 0.217. The third kappa shape index (κ3) is 3.39. The van der Waals surface area contributed by atoms with Crippen molar-refractivity contribution in [1.29, 1.82) is 0 Å². The molecule has 0 saturated heterocycles. The van der Waals surface area contributed by atoms with Crippen LogP contribution in [0.1, 0.15) is 13.8 Å². The predicted molar refractivity (Wildman–Crippen MR) is 71.1 cm³/mol. The van der Waals surface area contributed by atoms with Crippen molar-refractivity contribution in [1.82, 2.24) is 4.90 Å². The van der Waals surface area contributed by atoms with Gasteiger partial charge in [-0.15, -0.1) is 0 Å². The van der Waals surface area contributed by atoms with E-state index < -0.39 is 0 Å². The molecule has 0 aliphatic rings. The summed E-state index contributed by atoms with van der Waals surface area (Å²) in [5.41, 5.74) is 0.685. The highest BCUT2D eigenvalue weighted by Crippen LogP contribution is 2.26. The molecule has 0 aliphatic carbocycles. The monoisotopic (exact) mass is 304 g/mol. The van der Waals surface area contributed by atoms with E-state index in [0.29, 0.717) is 23.8 Å². The second kappa shape index (κ2) is 6.11. The van der Waals surface area contributed by atoms with Gasteiger partial charge in [0.2, 0.25) is 0 Å². The zero-order chi connectivity index (χ0) is 12.1. The van der Waals surface area contributed by atoms with Gasteiger partial charge in [-0.2, -0.15) is 0 Å². The number of nitrogens with one attached hydrogen (secondary N) is 1. The molecule has 1 aromatic rings. The van der Waals surface area contributed by atoms with E-state index in [1.54, 1.807) is 23.1 Å². The maximum Gasteiger partial charge on any atom is 0.321 e. The van der Waals surface area contributed by atoms with Gasteiger partial charge in [-0.05, 0) is 48.0 Å². The molecule has 0 unspecified atom stereocenters. The Morgan fingerprint density at radius 2 is 2.06 bits per heavy atom. The number of nitrogens with zero attached hydrogens (tertiary/aromatic N) is 1. The molecule has 2 amide bonds. The Hall–Kier alpha value is -0.740. The molecule has 0 bridgehead atoms. The van der Waals surface area contributed by atoms with Crippen molar-refractivity contribution in [3.05, 3.63) is 27.7 Å². The predicted octanol–water partition coefficient (Wildman–Crippen LogP) is 3.98. The van der Waals surface area contributed by atoms with Crippen LogP contribution in [0.5, 0.6) is 0 Å². The Labute approximate surface area is 109 Å². The van der Waals surface area contributed by atoms with Gasteiger partial charge in [0.25, 0.3) is 0 Å². The summed E-state index contributed by atoms with van der Waals surface area (Å²) in [6, 6.07) is 5.17. The molecule has 0 saturated carbocycles. The molecule has 5 heteroatoms. The molecular weight excluding hydrogens is 291 g/mol. The maximum absolute atomic E-state index is 11.8. The van der Waals surface area contributed by atoms with E-state index in [-0.39, 0.29) is 6.03 Å². The minimum atomic E-state index is -0.118. The number of rotatable bonds is 3. The molecule has 1 aromatic carbocycles. The maximum atomic E-state index is 11.8. The minimum absolute atomic E-state index is 0.118. The van der Waals surface area contributed by atoms with E-state index in [4.69, 9.17) is 11.6 Å². The first-order valence-electron chi connectivity index (χ1n) is 5.09. The Balaban J connectivity index is 2.80. The highest BCUT2D eigenvalue weighted by molar-refractivity contribution is 9.10. The van der Waals surface area contributed by atoms with Crippen LogP contribution in [0.15, 0.2) is 22.7 Å². The molecule has 0 spiro atoms. The number of hydrogen-bond acceptors (Lipinski definition) is 1. The summed E-state index contributed by atoms with van der Waals surface area (Å²) < 4.78 is 0.817. The Morgan fingerprint density at radius 3 is 2.62 bits per heavy atom. The number of urea groups is 1. The molecular formula is C11H14BrClN2O. The Kier molecular flexibility index (Phi) is 5.09. The van der Waals surface area contributed by atoms with Crippen LogP contribution in [0.2, 0.25) is 5.02 Å². The number of halogens is 2. The molecule has 1 rings (SSSR count). The molecule has 3 nitrogen and oxygen atoms in total. The minimum Gasteiger partial charge on any atom is -0.325 e. The lowest BCUT2D eigenvalue weighted by atomic mass is 10.3. The van der Waals surface area contributed by atoms with Gasteiger partial charge in [0.15, 0.2) is 0 Å². The van der Waals surface area contributed by atoms with Gasteiger partial charge in [0, 0.05) is 22.6 Å². The molecule has 0 fully saturated rings. The van der Waals surface area contributed by atoms with Crippen LogP contribution in [0.25, 0.3) is 0 Å². The van der Waals surface area contributed by atoms with Crippen molar-refractivity contribution in [3.8, 4) is 0 Å². The average Bonchev–Trinajstić information content (AvgIpc) is 2.25. The number of benzene rings is 1. The van der Waals surface area contributed by atoms with Gasteiger partial charge >= 0.3 is 6.03 Å². The van der Waals surface area contributed by atoms with Gasteiger partial charge < -0.3 is 10.2 Å². The van der Waals surface area contributed by atoms with Gasteiger partial charge in [0.05, 0.1) is 5.69 Å². The summed E-state index contributed by atoms with van der Waals surface area (Å²) in [6.07, 6.45) is 0. The van der Waals surface area contributed by atoms with Crippen LogP contribution in [0, 0.1) is 0 Å². The summed E-state index contributed by atoms with van der Waals surface area (Å²) in [7, 11) is 0. The zero-order valence-corrected chi connectivity index (χ0v) is 11.6. The average molecular weight is 306 g/mol. The summed E-state index contributed by atoms with van der Waals surface area (Å²) in [5, 5.41) is 3.40. The standard InChI is InChI=1S/C11H14BrClN2O/c1-3-15(4-2)11(16)14-10-7-8(13)5-6-9(10)12/h5-7H,3-4H2,1-2H3,(H,14,16). The van der Waals surface area contributed by atoms with Crippen LogP contribution >= 0.6 is 27.5 Å². The van der Waals surface area contributed by atoms with Crippen molar-refractivity contribution in [2.75, 3.05) is 18.4 Å². The van der Waals surface area contributed by atoms with Crippen molar-refractivity contribution in [2.45, 2.75) is 13.8 Å². The molecule has 16 heavy (non-hydrogen) atoms. The third-order valence-corrected chi connectivity index (χ3v) is 3.15. The highest BCUT2D eigenvalue weighted by Gasteiger charge is 2.11. The molecule has 0 heterocycles. The first kappa shape index (κ1) is 13.3. The normalized spacial score (nSPS) is 10.0. The van der Waals surface area contributed by atoms with Crippen molar-refractivity contribution in [2.24, 2.45) is 0 Å². The molecule has 1 N–H and O–H groups in total. The van der Waals surface area contributed by atoms with E-state index >= 15 is 0 Å². The van der Waals surface area contributed by atoms with Crippen molar-refractivity contribution < 1.29 is 4.79 Å². The quantitative estimate of drug-likeness (QED) is 0.900. The van der Waals surface area contributed by atoms with E-state index in [2.05, 4.69) is 21.2 Å². The van der Waals surface area contributed by atoms with Crippen LogP contribution in [0.4, 0.5) is 10.5 Å². The SMILES string of the molecule is CCN(CC)C(=O)Nc1cc(Cl)ccc1Br. The first-order chi connectivity index (χ1) is 7.58. The van der Waals surface area contributed by atoms with Gasteiger partial charge in [-0.25, -0.2) is 4.79 Å². The summed E-state index contributed by atoms with van der Waals surface area (Å²) in [5.74, 6) is 0. The van der Waals surface area contributed by atoms with Crippen LogP contribution in [-0.4, -0.2) is 24.0 Å². The number of amides is 2. The van der Waals surface area contributed by atoms with Gasteiger partial charge in [-0.3, -0.25) is 0 Å². The number of anilines is 1. The van der Waals surface area contributed by atoms with Crippen molar-refractivity contribution in [3.63, 3.8) is 0 Å². The molecule has 0 radical (unpaired) electrons. The number of hydrogen-bond donors (Lipinski definition) is 1. The Bertz CT molecular complexity index is 380. The second-order valence-corrected chi connectivity index (χ2v) is 4.52. The summed E-state index contributed by atoms with van der Waals surface area (Å²) in [4.78, 5) is 13.5. The topological polar surface area (TPSA) is 32.3 Å². The molecule has 88 valence electrons. The summed E-state index contributed by atoms with van der Waals surface area (Å²) >= 11 is 9.22. The molecule has 0 aromatic heterocycles. The van der Waals surface area contributed by atoms with Crippen LogP contribution in [-0.2, 0) is 0 Å². The fourth-order valence-corrected chi connectivity index (χ4v) is 1.82. The van der Waals surface area contributed by atoms with E-state index in [1.807, 2.05) is 13.8 Å². The zero-order valence-electron chi connectivity index (χ0n) is 9.26. The van der Waals surface area contributed by atoms with Crippen LogP contribution < -0.4 is 5.32 Å². The Morgan fingerprint density at radius 1 is 1.44 bits per heavy atom. The fourth-order valence-electron chi connectivity index (χ4n) is 1.30. The first-order valence-corrected chi connectivity index (χ1v) is 6.26.